The number of nitrogens with zero attached hydrogens (tertiary/aromatic N) is 1. The van der Waals surface area contributed by atoms with E-state index in [-0.39, 0.29) is 18.4 Å². The monoisotopic (exact) mass is 337 g/mol. The van der Waals surface area contributed by atoms with Crippen LogP contribution in [-0.4, -0.2) is 27.1 Å². The fraction of sp³-hybridized carbons (Fsp3) is 0.250. The molecule has 0 atom stereocenters. The van der Waals surface area contributed by atoms with Gasteiger partial charge in [-0.1, -0.05) is 18.2 Å². The van der Waals surface area contributed by atoms with E-state index in [0.717, 1.165) is 12.1 Å². The zero-order chi connectivity index (χ0) is 18.5. The third-order valence-electron chi connectivity index (χ3n) is 3.79. The second-order valence-corrected chi connectivity index (χ2v) is 5.09. The van der Waals surface area contributed by atoms with Crippen molar-refractivity contribution >= 4 is 17.6 Å². The Morgan fingerprint density at radius 2 is 1.75 bits per heavy atom. The van der Waals surface area contributed by atoms with E-state index in [0.29, 0.717) is 6.07 Å². The molecule has 0 fully saturated rings. The number of carbonyl (C=O) groups is 2. The van der Waals surface area contributed by atoms with Gasteiger partial charge in [-0.15, -0.1) is 13.2 Å². The first-order valence-corrected chi connectivity index (χ1v) is 6.86. The summed E-state index contributed by atoms with van der Waals surface area (Å²) in [4.78, 5) is 33.5. The maximum Gasteiger partial charge on any atom is 0.325 e. The van der Waals surface area contributed by atoms with E-state index < -0.39 is 39.7 Å². The van der Waals surface area contributed by atoms with Crippen LogP contribution in [0, 0.1) is 21.8 Å². The lowest BCUT2D eigenvalue weighted by Crippen LogP contribution is -2.50. The molecule has 0 spiro atoms. The average Bonchev–Trinajstić information content (AvgIpc) is 2.47. The molecule has 24 heavy (non-hydrogen) atoms. The first kappa shape index (κ1) is 19.0. The van der Waals surface area contributed by atoms with Crippen LogP contribution in [-0.2, 0) is 15.0 Å². The molecular formula is C16H16FNO6. The number of hydrogen-bond acceptors (Lipinski definition) is 4. The number of hydrogen-bond donors (Lipinski definition) is 2. The first-order valence-electron chi connectivity index (χ1n) is 6.86. The molecule has 0 amide bonds. The largest absolute Gasteiger partial charge is 0.480 e. The van der Waals surface area contributed by atoms with Crippen molar-refractivity contribution in [2.24, 2.45) is 5.92 Å². The number of nitro groups is 1. The van der Waals surface area contributed by atoms with Gasteiger partial charge in [-0.05, 0) is 30.4 Å². The summed E-state index contributed by atoms with van der Waals surface area (Å²) in [6.07, 6.45) is 2.75. The molecule has 0 aliphatic rings. The summed E-state index contributed by atoms with van der Waals surface area (Å²) in [5.74, 6) is -5.70. The lowest BCUT2D eigenvalue weighted by atomic mass is 9.67. The minimum Gasteiger partial charge on any atom is -0.480 e. The van der Waals surface area contributed by atoms with Crippen LogP contribution >= 0.6 is 0 Å². The normalized spacial score (nSPS) is 11.1. The van der Waals surface area contributed by atoms with Crippen LogP contribution in [0.2, 0.25) is 0 Å². The fourth-order valence-electron chi connectivity index (χ4n) is 2.68. The van der Waals surface area contributed by atoms with Crippen molar-refractivity contribution < 1.29 is 29.1 Å². The molecule has 0 radical (unpaired) electrons. The molecule has 0 aliphatic carbocycles. The minimum absolute atomic E-state index is 0.0171. The molecule has 0 aromatic heterocycles. The van der Waals surface area contributed by atoms with Gasteiger partial charge in [0.2, 0.25) is 5.82 Å². The Hall–Kier alpha value is -3.03. The van der Waals surface area contributed by atoms with Crippen LogP contribution in [0.15, 0.2) is 43.5 Å². The van der Waals surface area contributed by atoms with Gasteiger partial charge in [0.15, 0.2) is 5.41 Å². The summed E-state index contributed by atoms with van der Waals surface area (Å²) < 4.78 is 13.9. The molecule has 0 bridgehead atoms. The summed E-state index contributed by atoms with van der Waals surface area (Å²) in [5, 5.41) is 30.0. The van der Waals surface area contributed by atoms with Crippen molar-refractivity contribution in [2.45, 2.75) is 18.3 Å². The van der Waals surface area contributed by atoms with Gasteiger partial charge >= 0.3 is 17.6 Å². The van der Waals surface area contributed by atoms with Gasteiger partial charge < -0.3 is 10.2 Å². The molecule has 1 aromatic rings. The summed E-state index contributed by atoms with van der Waals surface area (Å²) in [6.45, 7) is 6.96. The molecule has 0 aliphatic heterocycles. The lowest BCUT2D eigenvalue weighted by Gasteiger charge is -2.33. The SMILES string of the molecule is C=CCC(CC=C)C(C(=O)O)(C(=O)O)c1ccc([N+](=O)[O-])c(F)c1. The van der Waals surface area contributed by atoms with Gasteiger partial charge in [-0.3, -0.25) is 19.7 Å². The van der Waals surface area contributed by atoms with Crippen molar-refractivity contribution in [1.82, 2.24) is 0 Å². The van der Waals surface area contributed by atoms with Crippen molar-refractivity contribution in [3.05, 3.63) is 65.0 Å². The summed E-state index contributed by atoms with van der Waals surface area (Å²) in [7, 11) is 0. The highest BCUT2D eigenvalue weighted by molar-refractivity contribution is 6.05. The van der Waals surface area contributed by atoms with Gasteiger partial charge in [-0.2, -0.15) is 4.39 Å². The number of aliphatic carboxylic acids is 2. The second kappa shape index (κ2) is 7.49. The van der Waals surface area contributed by atoms with Crippen LogP contribution in [0.3, 0.4) is 0 Å². The topological polar surface area (TPSA) is 118 Å². The van der Waals surface area contributed by atoms with E-state index in [1.807, 2.05) is 0 Å². The minimum atomic E-state index is -2.49. The number of carboxylic acids is 2. The molecule has 0 unspecified atom stereocenters. The summed E-state index contributed by atoms with van der Waals surface area (Å²) in [5.41, 5.74) is -3.75. The fourth-order valence-corrected chi connectivity index (χ4v) is 2.68. The Bertz CT molecular complexity index is 676. The molecule has 0 saturated heterocycles. The van der Waals surface area contributed by atoms with Gasteiger partial charge in [0.1, 0.15) is 0 Å². The molecule has 7 nitrogen and oxygen atoms in total. The standard InChI is InChI=1S/C16H16FNO6/c1-3-5-10(6-4-2)16(14(19)20,15(21)22)11-7-8-13(18(23)24)12(17)9-11/h3-4,7-10H,1-2,5-6H2,(H,19,20)(H,21,22). The number of benzene rings is 1. The molecule has 0 heterocycles. The first-order chi connectivity index (χ1) is 11.2. The third-order valence-corrected chi connectivity index (χ3v) is 3.79. The van der Waals surface area contributed by atoms with E-state index in [1.54, 1.807) is 0 Å². The van der Waals surface area contributed by atoms with Gasteiger partial charge in [-0.25, -0.2) is 0 Å². The van der Waals surface area contributed by atoms with Gasteiger partial charge in [0.25, 0.3) is 0 Å². The molecule has 8 heteroatoms. The molecule has 1 aromatic carbocycles. The zero-order valence-electron chi connectivity index (χ0n) is 12.6. The Balaban J connectivity index is 3.70. The smallest absolute Gasteiger partial charge is 0.325 e. The lowest BCUT2D eigenvalue weighted by molar-refractivity contribution is -0.387. The van der Waals surface area contributed by atoms with E-state index in [4.69, 9.17) is 0 Å². The third kappa shape index (κ3) is 3.17. The van der Waals surface area contributed by atoms with Crippen molar-refractivity contribution in [1.29, 1.82) is 0 Å². The van der Waals surface area contributed by atoms with Crippen LogP contribution in [0.5, 0.6) is 0 Å². The molecule has 0 saturated carbocycles. The van der Waals surface area contributed by atoms with Crippen LogP contribution in [0.4, 0.5) is 10.1 Å². The van der Waals surface area contributed by atoms with E-state index in [9.17, 15) is 34.3 Å². The Labute approximate surface area is 136 Å². The maximum absolute atomic E-state index is 13.9. The quantitative estimate of drug-likeness (QED) is 0.309. The number of rotatable bonds is 9. The van der Waals surface area contributed by atoms with Gasteiger partial charge in [0, 0.05) is 6.07 Å². The van der Waals surface area contributed by atoms with Crippen LogP contribution < -0.4 is 0 Å². The van der Waals surface area contributed by atoms with Crippen LogP contribution in [0.25, 0.3) is 0 Å². The van der Waals surface area contributed by atoms with E-state index in [2.05, 4.69) is 13.2 Å². The van der Waals surface area contributed by atoms with Crippen molar-refractivity contribution in [3.8, 4) is 0 Å². The van der Waals surface area contributed by atoms with Crippen LogP contribution in [0.1, 0.15) is 18.4 Å². The predicted molar refractivity (Wildman–Crippen MR) is 83.1 cm³/mol. The number of nitro benzene ring substituents is 1. The summed E-state index contributed by atoms with van der Waals surface area (Å²) in [6, 6.07) is 2.28. The zero-order valence-corrected chi connectivity index (χ0v) is 12.6. The number of carboxylic acid groups (broad SMARTS) is 2. The highest BCUT2D eigenvalue weighted by atomic mass is 19.1. The average molecular weight is 337 g/mol. The van der Waals surface area contributed by atoms with E-state index >= 15 is 0 Å². The van der Waals surface area contributed by atoms with Crippen molar-refractivity contribution in [2.75, 3.05) is 0 Å². The highest BCUT2D eigenvalue weighted by Gasteiger charge is 2.54. The highest BCUT2D eigenvalue weighted by Crippen LogP contribution is 2.39. The predicted octanol–water partition coefficient (Wildman–Crippen LogP) is 2.91. The molecule has 2 N–H and O–H groups in total. The molecular weight excluding hydrogens is 321 g/mol. The Kier molecular flexibility index (Phi) is 5.94. The second-order valence-electron chi connectivity index (χ2n) is 5.09. The Morgan fingerprint density at radius 1 is 1.25 bits per heavy atom. The van der Waals surface area contributed by atoms with Crippen molar-refractivity contribution in [3.63, 3.8) is 0 Å². The molecule has 1 rings (SSSR count). The van der Waals surface area contributed by atoms with E-state index in [1.165, 1.54) is 12.2 Å². The van der Waals surface area contributed by atoms with Gasteiger partial charge in [0.05, 0.1) is 4.92 Å². The maximum atomic E-state index is 13.9. The Morgan fingerprint density at radius 3 is 2.08 bits per heavy atom. The number of halogens is 1. The molecule has 128 valence electrons. The summed E-state index contributed by atoms with van der Waals surface area (Å²) >= 11 is 0. The number of allylic oxidation sites excluding steroid dienone is 2.